The maximum Gasteiger partial charge on any atom is 0.239 e. The van der Waals surface area contributed by atoms with E-state index in [2.05, 4.69) is 0 Å². The van der Waals surface area contributed by atoms with Crippen LogP contribution < -0.4 is 0 Å². The molecule has 0 saturated heterocycles. The number of alkyl halides is 1. The maximum atomic E-state index is 11.4. The van der Waals surface area contributed by atoms with Crippen molar-refractivity contribution in [2.75, 3.05) is 32.9 Å². The van der Waals surface area contributed by atoms with Crippen LogP contribution >= 0.6 is 11.6 Å². The third kappa shape index (κ3) is 4.79. The van der Waals surface area contributed by atoms with Gasteiger partial charge in [0.25, 0.3) is 0 Å². The van der Waals surface area contributed by atoms with Gasteiger partial charge in [0.05, 0.1) is 12.6 Å². The predicted octanol–water partition coefficient (Wildman–Crippen LogP) is 1.08. The van der Waals surface area contributed by atoms with Crippen LogP contribution in [-0.2, 0) is 14.3 Å². The molecule has 0 rings (SSSR count). The van der Waals surface area contributed by atoms with E-state index in [-0.39, 0.29) is 24.6 Å². The number of carbonyl (C=O) groups is 1. The first kappa shape index (κ1) is 13.7. The first-order chi connectivity index (χ1) is 6.67. The van der Waals surface area contributed by atoms with Crippen molar-refractivity contribution in [1.29, 1.82) is 0 Å². The molecule has 0 aliphatic carbocycles. The van der Waals surface area contributed by atoms with Gasteiger partial charge in [0.2, 0.25) is 5.91 Å². The zero-order valence-electron chi connectivity index (χ0n) is 8.96. The molecule has 0 aliphatic heterocycles. The molecule has 0 aromatic carbocycles. The predicted molar refractivity (Wildman–Crippen MR) is 55.4 cm³/mol. The van der Waals surface area contributed by atoms with E-state index in [1.54, 1.807) is 12.0 Å². The second-order valence-electron chi connectivity index (χ2n) is 2.92. The van der Waals surface area contributed by atoms with Gasteiger partial charge in [-0.25, -0.2) is 0 Å². The zero-order chi connectivity index (χ0) is 11.0. The Kier molecular flexibility index (Phi) is 7.84. The fourth-order valence-electron chi connectivity index (χ4n) is 1.04. The number of nitrogens with zero attached hydrogens (tertiary/aromatic N) is 1. The van der Waals surface area contributed by atoms with Crippen molar-refractivity contribution in [3.63, 3.8) is 0 Å². The summed E-state index contributed by atoms with van der Waals surface area (Å²) in [5.41, 5.74) is 0. The van der Waals surface area contributed by atoms with Crippen molar-refractivity contribution in [3.05, 3.63) is 0 Å². The molecule has 0 aromatic heterocycles. The standard InChI is InChI=1S/C9H18ClNO3/c1-4-14-7-11(9(12)5-10)8(2)6-13-3/h8H,4-7H2,1-3H3. The number of amides is 1. The van der Waals surface area contributed by atoms with Crippen molar-refractivity contribution in [3.8, 4) is 0 Å². The van der Waals surface area contributed by atoms with Crippen LogP contribution in [0.25, 0.3) is 0 Å². The molecular formula is C9H18ClNO3. The molecule has 84 valence electrons. The summed E-state index contributed by atoms with van der Waals surface area (Å²) in [6.45, 7) is 5.10. The fourth-order valence-corrected chi connectivity index (χ4v) is 1.20. The highest BCUT2D eigenvalue weighted by atomic mass is 35.5. The summed E-state index contributed by atoms with van der Waals surface area (Å²) in [5, 5.41) is 0. The van der Waals surface area contributed by atoms with Gasteiger partial charge in [0.15, 0.2) is 0 Å². The Balaban J connectivity index is 4.14. The number of rotatable bonds is 7. The summed E-state index contributed by atoms with van der Waals surface area (Å²) in [4.78, 5) is 13.0. The number of halogens is 1. The van der Waals surface area contributed by atoms with E-state index in [1.807, 2.05) is 13.8 Å². The lowest BCUT2D eigenvalue weighted by molar-refractivity contribution is -0.138. The van der Waals surface area contributed by atoms with Crippen LogP contribution in [0.2, 0.25) is 0 Å². The first-order valence-electron chi connectivity index (χ1n) is 4.59. The molecular weight excluding hydrogens is 206 g/mol. The second-order valence-corrected chi connectivity index (χ2v) is 3.19. The molecule has 1 amide bonds. The molecule has 5 heteroatoms. The third-order valence-corrected chi connectivity index (χ3v) is 2.04. The van der Waals surface area contributed by atoms with Crippen LogP contribution in [0.3, 0.4) is 0 Å². The number of hydrogen-bond acceptors (Lipinski definition) is 3. The quantitative estimate of drug-likeness (QED) is 0.479. The number of hydrogen-bond donors (Lipinski definition) is 0. The Labute approximate surface area is 90.1 Å². The molecule has 0 heterocycles. The monoisotopic (exact) mass is 223 g/mol. The highest BCUT2D eigenvalue weighted by Gasteiger charge is 2.18. The van der Waals surface area contributed by atoms with Crippen molar-refractivity contribution in [1.82, 2.24) is 4.90 Å². The largest absolute Gasteiger partial charge is 0.383 e. The van der Waals surface area contributed by atoms with Crippen molar-refractivity contribution < 1.29 is 14.3 Å². The van der Waals surface area contributed by atoms with E-state index in [1.165, 1.54) is 0 Å². The van der Waals surface area contributed by atoms with Crippen LogP contribution in [0.15, 0.2) is 0 Å². The van der Waals surface area contributed by atoms with E-state index >= 15 is 0 Å². The molecule has 0 N–H and O–H groups in total. The lowest BCUT2D eigenvalue weighted by Crippen LogP contribution is -2.43. The van der Waals surface area contributed by atoms with Crippen LogP contribution in [0, 0.1) is 0 Å². The lowest BCUT2D eigenvalue weighted by Gasteiger charge is -2.27. The second kappa shape index (κ2) is 8.03. The van der Waals surface area contributed by atoms with Crippen LogP contribution in [0.4, 0.5) is 0 Å². The van der Waals surface area contributed by atoms with E-state index in [4.69, 9.17) is 21.1 Å². The third-order valence-electron chi connectivity index (χ3n) is 1.81. The van der Waals surface area contributed by atoms with Gasteiger partial charge in [0.1, 0.15) is 12.6 Å². The van der Waals surface area contributed by atoms with Gasteiger partial charge in [-0.05, 0) is 13.8 Å². The molecule has 14 heavy (non-hydrogen) atoms. The van der Waals surface area contributed by atoms with Gasteiger partial charge in [-0.2, -0.15) is 0 Å². The Morgan fingerprint density at radius 3 is 2.64 bits per heavy atom. The summed E-state index contributed by atoms with van der Waals surface area (Å²) in [7, 11) is 1.60. The molecule has 4 nitrogen and oxygen atoms in total. The van der Waals surface area contributed by atoms with Crippen molar-refractivity contribution in [2.45, 2.75) is 19.9 Å². The molecule has 0 spiro atoms. The van der Waals surface area contributed by atoms with Gasteiger partial charge in [0, 0.05) is 13.7 Å². The minimum absolute atomic E-state index is 0.0159. The molecule has 0 radical (unpaired) electrons. The molecule has 1 atom stereocenters. The van der Waals surface area contributed by atoms with Crippen LogP contribution in [0.5, 0.6) is 0 Å². The highest BCUT2D eigenvalue weighted by Crippen LogP contribution is 2.02. The van der Waals surface area contributed by atoms with E-state index < -0.39 is 0 Å². The molecule has 0 aromatic rings. The Morgan fingerprint density at radius 2 is 2.21 bits per heavy atom. The Morgan fingerprint density at radius 1 is 1.57 bits per heavy atom. The molecule has 0 aliphatic rings. The fraction of sp³-hybridized carbons (Fsp3) is 0.889. The van der Waals surface area contributed by atoms with E-state index in [0.29, 0.717) is 13.2 Å². The average Bonchev–Trinajstić information content (AvgIpc) is 2.18. The van der Waals surface area contributed by atoms with E-state index in [9.17, 15) is 4.79 Å². The molecule has 1 unspecified atom stereocenters. The van der Waals surface area contributed by atoms with Crippen LogP contribution in [-0.4, -0.2) is 49.8 Å². The van der Waals surface area contributed by atoms with Gasteiger partial charge in [-0.15, -0.1) is 11.6 Å². The minimum Gasteiger partial charge on any atom is -0.383 e. The Bertz CT molecular complexity index is 166. The van der Waals surface area contributed by atoms with E-state index in [0.717, 1.165) is 0 Å². The van der Waals surface area contributed by atoms with Gasteiger partial charge < -0.3 is 14.4 Å². The zero-order valence-corrected chi connectivity index (χ0v) is 9.71. The summed E-state index contributed by atoms with van der Waals surface area (Å²) in [6.07, 6.45) is 0. The number of carbonyl (C=O) groups excluding carboxylic acids is 1. The topological polar surface area (TPSA) is 38.8 Å². The molecule has 0 fully saturated rings. The van der Waals surface area contributed by atoms with Gasteiger partial charge in [-0.3, -0.25) is 4.79 Å². The summed E-state index contributed by atoms with van der Waals surface area (Å²) >= 11 is 5.48. The van der Waals surface area contributed by atoms with Gasteiger partial charge in [-0.1, -0.05) is 0 Å². The minimum atomic E-state index is -0.135. The SMILES string of the molecule is CCOCN(C(=O)CCl)C(C)COC. The molecule has 0 bridgehead atoms. The first-order valence-corrected chi connectivity index (χ1v) is 5.12. The summed E-state index contributed by atoms with van der Waals surface area (Å²) in [5.74, 6) is -0.161. The summed E-state index contributed by atoms with van der Waals surface area (Å²) in [6, 6.07) is -0.0159. The van der Waals surface area contributed by atoms with Crippen molar-refractivity contribution >= 4 is 17.5 Å². The number of ether oxygens (including phenoxy) is 2. The van der Waals surface area contributed by atoms with Gasteiger partial charge >= 0.3 is 0 Å². The maximum absolute atomic E-state index is 11.4. The smallest absolute Gasteiger partial charge is 0.239 e. The highest BCUT2D eigenvalue weighted by molar-refractivity contribution is 6.27. The van der Waals surface area contributed by atoms with Crippen molar-refractivity contribution in [2.24, 2.45) is 0 Å². The van der Waals surface area contributed by atoms with Crippen LogP contribution in [0.1, 0.15) is 13.8 Å². The summed E-state index contributed by atoms with van der Waals surface area (Å²) < 4.78 is 10.1. The average molecular weight is 224 g/mol. The number of methoxy groups -OCH3 is 1. The lowest BCUT2D eigenvalue weighted by atomic mass is 10.3. The molecule has 0 saturated carbocycles. The normalized spacial score (nSPS) is 12.6. The Hall–Kier alpha value is -0.320.